The van der Waals surface area contributed by atoms with Crippen molar-refractivity contribution in [2.75, 3.05) is 13.2 Å². The monoisotopic (exact) mass is 243 g/mol. The Kier molecular flexibility index (Phi) is 2.25. The highest BCUT2D eigenvalue weighted by atomic mass is 16.7. The van der Waals surface area contributed by atoms with Crippen LogP contribution in [-0.4, -0.2) is 53.5 Å². The minimum Gasteiger partial charge on any atom is -0.381 e. The minimum absolute atomic E-state index is 0.104. The smallest absolute Gasteiger partial charge is 0.181 e. The molecular formula is C12H21NO4. The lowest BCUT2D eigenvalue weighted by molar-refractivity contribution is -0.273. The molecule has 0 saturated carbocycles. The standard InChI is InChI=1S/C12H21NO4/c1-7(2)17-8-5-16-12-9(8)15-6-11(12,14)10(3,4)13-12/h7-9,13-14H,5-6H2,1-4H3/t8-,9-,11?,12+/m1/s1. The van der Waals surface area contributed by atoms with Crippen molar-refractivity contribution in [3.8, 4) is 0 Å². The summed E-state index contributed by atoms with van der Waals surface area (Å²) in [6.07, 6.45) is -0.195. The van der Waals surface area contributed by atoms with Gasteiger partial charge in [-0.3, -0.25) is 5.32 Å². The van der Waals surface area contributed by atoms with Crippen molar-refractivity contribution < 1.29 is 19.3 Å². The minimum atomic E-state index is -0.959. The Labute approximate surface area is 101 Å². The molecule has 0 radical (unpaired) electrons. The van der Waals surface area contributed by atoms with Crippen LogP contribution in [0.3, 0.4) is 0 Å². The number of ether oxygens (including phenoxy) is 3. The Balaban J connectivity index is 1.84. The second-order valence-corrected chi connectivity index (χ2v) is 6.11. The number of hydrogen-bond donors (Lipinski definition) is 2. The summed E-state index contributed by atoms with van der Waals surface area (Å²) in [6.45, 7) is 8.67. The molecular weight excluding hydrogens is 222 g/mol. The zero-order valence-electron chi connectivity index (χ0n) is 10.8. The molecule has 0 aromatic heterocycles. The van der Waals surface area contributed by atoms with E-state index in [4.69, 9.17) is 14.2 Å². The molecule has 0 bridgehead atoms. The Hall–Kier alpha value is -0.200. The predicted octanol–water partition coefficient (Wildman–Crippen LogP) is 0.0182. The molecule has 1 unspecified atom stereocenters. The van der Waals surface area contributed by atoms with Crippen LogP contribution in [0.5, 0.6) is 0 Å². The van der Waals surface area contributed by atoms with Gasteiger partial charge in [0.05, 0.1) is 24.9 Å². The highest BCUT2D eigenvalue weighted by Crippen LogP contribution is 2.55. The number of rotatable bonds is 2. The summed E-state index contributed by atoms with van der Waals surface area (Å²) in [5, 5.41) is 14.0. The first-order valence-corrected chi connectivity index (χ1v) is 6.25. The second-order valence-electron chi connectivity index (χ2n) is 6.11. The first-order chi connectivity index (χ1) is 7.82. The van der Waals surface area contributed by atoms with Crippen molar-refractivity contribution in [1.29, 1.82) is 0 Å². The first-order valence-electron chi connectivity index (χ1n) is 6.25. The molecule has 3 aliphatic heterocycles. The van der Waals surface area contributed by atoms with Crippen LogP contribution < -0.4 is 5.32 Å². The summed E-state index contributed by atoms with van der Waals surface area (Å²) in [7, 11) is 0. The third-order valence-electron chi connectivity index (χ3n) is 4.28. The van der Waals surface area contributed by atoms with Crippen LogP contribution in [0.1, 0.15) is 27.7 Å². The quantitative estimate of drug-likeness (QED) is 0.716. The lowest BCUT2D eigenvalue weighted by Crippen LogP contribution is -2.89. The largest absolute Gasteiger partial charge is 0.381 e. The van der Waals surface area contributed by atoms with Crippen molar-refractivity contribution in [2.24, 2.45) is 0 Å². The number of nitrogens with one attached hydrogen (secondary N) is 1. The van der Waals surface area contributed by atoms with Gasteiger partial charge in [0.15, 0.2) is 11.3 Å². The van der Waals surface area contributed by atoms with Crippen molar-refractivity contribution >= 4 is 0 Å². The molecule has 5 heteroatoms. The first kappa shape index (κ1) is 11.9. The van der Waals surface area contributed by atoms with Crippen LogP contribution in [0.15, 0.2) is 0 Å². The van der Waals surface area contributed by atoms with E-state index in [2.05, 4.69) is 5.32 Å². The van der Waals surface area contributed by atoms with Crippen molar-refractivity contribution in [2.45, 2.75) is 62.9 Å². The topological polar surface area (TPSA) is 60.0 Å². The fourth-order valence-corrected chi connectivity index (χ4v) is 3.36. The molecule has 17 heavy (non-hydrogen) atoms. The molecule has 0 aromatic rings. The average Bonchev–Trinajstić information content (AvgIpc) is 2.64. The Morgan fingerprint density at radius 3 is 2.71 bits per heavy atom. The third kappa shape index (κ3) is 1.21. The van der Waals surface area contributed by atoms with Gasteiger partial charge in [-0.25, -0.2) is 0 Å². The van der Waals surface area contributed by atoms with Gasteiger partial charge in [-0.05, 0) is 27.7 Å². The van der Waals surface area contributed by atoms with E-state index in [1.165, 1.54) is 0 Å². The molecule has 3 aliphatic rings. The van der Waals surface area contributed by atoms with Crippen LogP contribution in [-0.2, 0) is 14.2 Å². The predicted molar refractivity (Wildman–Crippen MR) is 60.6 cm³/mol. The summed E-state index contributed by atoms with van der Waals surface area (Å²) in [4.78, 5) is 0. The SMILES string of the molecule is CC(C)O[C@@H]1CO[C@]23NC(C)(C)C2(O)CO[C@H]13. The average molecular weight is 243 g/mol. The number of aliphatic hydroxyl groups is 1. The van der Waals surface area contributed by atoms with Crippen LogP contribution in [0, 0.1) is 0 Å². The summed E-state index contributed by atoms with van der Waals surface area (Å²) < 4.78 is 17.3. The Bertz CT molecular complexity index is 345. The Morgan fingerprint density at radius 1 is 1.41 bits per heavy atom. The van der Waals surface area contributed by atoms with Gasteiger partial charge in [-0.15, -0.1) is 0 Å². The van der Waals surface area contributed by atoms with Crippen molar-refractivity contribution in [3.05, 3.63) is 0 Å². The van der Waals surface area contributed by atoms with E-state index in [1.807, 2.05) is 27.7 Å². The van der Waals surface area contributed by atoms with Crippen LogP contribution in [0.4, 0.5) is 0 Å². The van der Waals surface area contributed by atoms with Gasteiger partial charge in [0.25, 0.3) is 0 Å². The molecule has 3 fully saturated rings. The van der Waals surface area contributed by atoms with Gasteiger partial charge in [-0.1, -0.05) is 0 Å². The van der Waals surface area contributed by atoms with Gasteiger partial charge in [0, 0.05) is 0 Å². The zero-order chi connectivity index (χ0) is 12.5. The van der Waals surface area contributed by atoms with E-state index in [0.717, 1.165) is 0 Å². The van der Waals surface area contributed by atoms with E-state index < -0.39 is 11.3 Å². The molecule has 5 nitrogen and oxygen atoms in total. The molecule has 3 heterocycles. The molecule has 3 rings (SSSR count). The van der Waals surface area contributed by atoms with Crippen molar-refractivity contribution in [1.82, 2.24) is 5.32 Å². The van der Waals surface area contributed by atoms with Crippen LogP contribution in [0.2, 0.25) is 0 Å². The summed E-state index contributed by atoms with van der Waals surface area (Å²) >= 11 is 0. The van der Waals surface area contributed by atoms with E-state index in [0.29, 0.717) is 13.2 Å². The summed E-state index contributed by atoms with van der Waals surface area (Å²) in [5.41, 5.74) is -2.11. The van der Waals surface area contributed by atoms with Crippen LogP contribution >= 0.6 is 0 Å². The molecule has 3 saturated heterocycles. The lowest BCUT2D eigenvalue weighted by Gasteiger charge is -2.61. The normalized spacial score (nSPS) is 51.2. The highest BCUT2D eigenvalue weighted by Gasteiger charge is 2.80. The molecule has 4 atom stereocenters. The Morgan fingerprint density at radius 2 is 2.12 bits per heavy atom. The van der Waals surface area contributed by atoms with Gasteiger partial charge < -0.3 is 19.3 Å². The zero-order valence-corrected chi connectivity index (χ0v) is 10.8. The van der Waals surface area contributed by atoms with Crippen LogP contribution in [0.25, 0.3) is 0 Å². The summed E-state index contributed by atoms with van der Waals surface area (Å²) in [5.74, 6) is 0. The molecule has 1 spiro atoms. The molecule has 0 aliphatic carbocycles. The fraction of sp³-hybridized carbons (Fsp3) is 1.00. The molecule has 0 amide bonds. The molecule has 2 N–H and O–H groups in total. The van der Waals surface area contributed by atoms with E-state index >= 15 is 0 Å². The molecule has 0 aromatic carbocycles. The number of hydrogen-bond acceptors (Lipinski definition) is 5. The lowest BCUT2D eigenvalue weighted by atomic mass is 9.65. The van der Waals surface area contributed by atoms with E-state index in [-0.39, 0.29) is 23.9 Å². The second kappa shape index (κ2) is 3.22. The maximum absolute atomic E-state index is 10.7. The maximum atomic E-state index is 10.7. The van der Waals surface area contributed by atoms with Gasteiger partial charge in [0.2, 0.25) is 0 Å². The highest BCUT2D eigenvalue weighted by molar-refractivity contribution is 5.31. The molecule has 98 valence electrons. The van der Waals surface area contributed by atoms with E-state index in [9.17, 15) is 5.11 Å². The summed E-state index contributed by atoms with van der Waals surface area (Å²) in [6, 6.07) is 0. The maximum Gasteiger partial charge on any atom is 0.181 e. The van der Waals surface area contributed by atoms with Gasteiger partial charge in [0.1, 0.15) is 12.2 Å². The van der Waals surface area contributed by atoms with Gasteiger partial charge >= 0.3 is 0 Å². The van der Waals surface area contributed by atoms with Crippen molar-refractivity contribution in [3.63, 3.8) is 0 Å². The van der Waals surface area contributed by atoms with Gasteiger partial charge in [-0.2, -0.15) is 0 Å². The van der Waals surface area contributed by atoms with E-state index in [1.54, 1.807) is 0 Å². The fourth-order valence-electron chi connectivity index (χ4n) is 3.36. The third-order valence-corrected chi connectivity index (χ3v) is 4.28.